The Morgan fingerprint density at radius 3 is 2.11 bits per heavy atom. The van der Waals surface area contributed by atoms with E-state index in [2.05, 4.69) is 51.1 Å². The maximum absolute atomic E-state index is 2.40. The van der Waals surface area contributed by atoms with E-state index >= 15 is 0 Å². The number of aryl methyl sites for hydroxylation is 3. The summed E-state index contributed by atoms with van der Waals surface area (Å²) in [6.45, 7) is 6.76. The first kappa shape index (κ1) is 14.1. The average molecular weight is 254 g/mol. The third kappa shape index (κ3) is 3.59. The van der Waals surface area contributed by atoms with E-state index in [1.54, 1.807) is 0 Å². The highest BCUT2D eigenvalue weighted by molar-refractivity contribution is 5.87. The maximum Gasteiger partial charge on any atom is -0.0154 e. The highest BCUT2D eigenvalue weighted by atomic mass is 14.1. The summed E-state index contributed by atoms with van der Waals surface area (Å²) >= 11 is 0. The van der Waals surface area contributed by atoms with Crippen LogP contribution in [0.1, 0.15) is 56.2 Å². The first-order valence-corrected chi connectivity index (χ1v) is 7.76. The van der Waals surface area contributed by atoms with Gasteiger partial charge in [-0.3, -0.25) is 0 Å². The topological polar surface area (TPSA) is 0 Å². The van der Waals surface area contributed by atoms with Crippen molar-refractivity contribution in [1.82, 2.24) is 0 Å². The summed E-state index contributed by atoms with van der Waals surface area (Å²) in [6.07, 6.45) is 7.55. The molecule has 2 aromatic rings. The maximum atomic E-state index is 2.40. The van der Waals surface area contributed by atoms with Crippen molar-refractivity contribution in [2.24, 2.45) is 0 Å². The molecule has 0 atom stereocenters. The normalized spacial score (nSPS) is 11.1. The zero-order valence-corrected chi connectivity index (χ0v) is 12.6. The van der Waals surface area contributed by atoms with Crippen molar-refractivity contribution in [2.45, 2.75) is 59.3 Å². The third-order valence-corrected chi connectivity index (χ3v) is 3.92. The second-order valence-corrected chi connectivity index (χ2v) is 5.68. The van der Waals surface area contributed by atoms with Gasteiger partial charge in [0.1, 0.15) is 0 Å². The van der Waals surface area contributed by atoms with Gasteiger partial charge in [-0.2, -0.15) is 0 Å². The Morgan fingerprint density at radius 2 is 1.42 bits per heavy atom. The SMILES string of the molecule is CCCCc1ccc2c(C)cc(CCCC)cc2c1. The van der Waals surface area contributed by atoms with E-state index in [0.717, 1.165) is 0 Å². The third-order valence-electron chi connectivity index (χ3n) is 3.92. The molecule has 0 aromatic heterocycles. The fourth-order valence-corrected chi connectivity index (χ4v) is 2.75. The number of unbranched alkanes of at least 4 members (excludes halogenated alkanes) is 2. The molecule has 19 heavy (non-hydrogen) atoms. The summed E-state index contributed by atoms with van der Waals surface area (Å²) in [7, 11) is 0. The molecule has 0 saturated heterocycles. The first-order chi connectivity index (χ1) is 9.24. The van der Waals surface area contributed by atoms with Crippen LogP contribution in [-0.2, 0) is 12.8 Å². The Morgan fingerprint density at radius 1 is 0.789 bits per heavy atom. The van der Waals surface area contributed by atoms with Crippen molar-refractivity contribution in [2.75, 3.05) is 0 Å². The van der Waals surface area contributed by atoms with E-state index in [4.69, 9.17) is 0 Å². The molecular formula is C19H26. The highest BCUT2D eigenvalue weighted by Crippen LogP contribution is 2.23. The van der Waals surface area contributed by atoms with Gasteiger partial charge in [0.25, 0.3) is 0 Å². The molecule has 0 saturated carbocycles. The molecule has 0 amide bonds. The minimum atomic E-state index is 1.21. The molecule has 2 rings (SSSR count). The number of hydrogen-bond acceptors (Lipinski definition) is 0. The minimum Gasteiger partial charge on any atom is -0.0654 e. The fourth-order valence-electron chi connectivity index (χ4n) is 2.75. The summed E-state index contributed by atoms with van der Waals surface area (Å²) in [5.41, 5.74) is 4.41. The zero-order chi connectivity index (χ0) is 13.7. The zero-order valence-electron chi connectivity index (χ0n) is 12.6. The number of rotatable bonds is 6. The Hall–Kier alpha value is -1.30. The molecule has 0 N–H and O–H groups in total. The van der Waals surface area contributed by atoms with Gasteiger partial charge in [-0.15, -0.1) is 0 Å². The van der Waals surface area contributed by atoms with Gasteiger partial charge >= 0.3 is 0 Å². The van der Waals surface area contributed by atoms with Crippen LogP contribution in [0.2, 0.25) is 0 Å². The summed E-state index contributed by atoms with van der Waals surface area (Å²) in [6, 6.07) is 11.8. The molecule has 0 heterocycles. The summed E-state index contributed by atoms with van der Waals surface area (Å²) < 4.78 is 0. The van der Waals surface area contributed by atoms with Gasteiger partial charge in [-0.1, -0.05) is 57.0 Å². The molecule has 0 nitrogen and oxygen atoms in total. The van der Waals surface area contributed by atoms with E-state index in [0.29, 0.717) is 0 Å². The molecule has 0 spiro atoms. The summed E-state index contributed by atoms with van der Waals surface area (Å²) in [5.74, 6) is 0. The Bertz CT molecular complexity index is 532. The molecule has 0 unspecified atom stereocenters. The van der Waals surface area contributed by atoms with Crippen molar-refractivity contribution in [3.63, 3.8) is 0 Å². The predicted octanol–water partition coefficient (Wildman–Crippen LogP) is 5.83. The van der Waals surface area contributed by atoms with Gasteiger partial charge in [0.2, 0.25) is 0 Å². The quantitative estimate of drug-likeness (QED) is 0.608. The Kier molecular flexibility index (Phi) is 5.01. The van der Waals surface area contributed by atoms with Crippen molar-refractivity contribution in [1.29, 1.82) is 0 Å². The molecule has 0 fully saturated rings. The van der Waals surface area contributed by atoms with Crippen LogP contribution in [0, 0.1) is 6.92 Å². The van der Waals surface area contributed by atoms with Crippen molar-refractivity contribution in [3.05, 3.63) is 47.0 Å². The molecule has 0 heteroatoms. The van der Waals surface area contributed by atoms with Crippen LogP contribution < -0.4 is 0 Å². The lowest BCUT2D eigenvalue weighted by atomic mass is 9.96. The average Bonchev–Trinajstić information content (AvgIpc) is 2.42. The molecule has 0 aliphatic carbocycles. The second kappa shape index (κ2) is 6.75. The van der Waals surface area contributed by atoms with Crippen LogP contribution in [0.5, 0.6) is 0 Å². The summed E-state index contributed by atoms with van der Waals surface area (Å²) in [5, 5.41) is 2.85. The molecule has 2 aromatic carbocycles. The van der Waals surface area contributed by atoms with Crippen molar-refractivity contribution < 1.29 is 0 Å². The summed E-state index contributed by atoms with van der Waals surface area (Å²) in [4.78, 5) is 0. The molecule has 102 valence electrons. The van der Waals surface area contributed by atoms with Gasteiger partial charge in [0.05, 0.1) is 0 Å². The van der Waals surface area contributed by atoms with Crippen LogP contribution >= 0.6 is 0 Å². The van der Waals surface area contributed by atoms with E-state index in [9.17, 15) is 0 Å². The van der Waals surface area contributed by atoms with Crippen LogP contribution in [0.15, 0.2) is 30.3 Å². The molecule has 0 bridgehead atoms. The Balaban J connectivity index is 2.33. The lowest BCUT2D eigenvalue weighted by Gasteiger charge is -2.09. The van der Waals surface area contributed by atoms with Crippen LogP contribution in [0.3, 0.4) is 0 Å². The van der Waals surface area contributed by atoms with Gasteiger partial charge in [0, 0.05) is 0 Å². The standard InChI is InChI=1S/C19H26/c1-4-6-8-16-10-11-19-15(3)12-17(9-7-5-2)14-18(19)13-16/h10-14H,4-9H2,1-3H3. The molecule has 0 radical (unpaired) electrons. The lowest BCUT2D eigenvalue weighted by Crippen LogP contribution is -1.90. The van der Waals surface area contributed by atoms with Gasteiger partial charge in [-0.05, 0) is 60.1 Å². The largest absolute Gasteiger partial charge is 0.0654 e. The van der Waals surface area contributed by atoms with E-state index < -0.39 is 0 Å². The molecular weight excluding hydrogens is 228 g/mol. The van der Waals surface area contributed by atoms with Crippen LogP contribution in [0.25, 0.3) is 10.8 Å². The van der Waals surface area contributed by atoms with Crippen LogP contribution in [-0.4, -0.2) is 0 Å². The van der Waals surface area contributed by atoms with E-state index in [1.807, 2.05) is 0 Å². The minimum absolute atomic E-state index is 1.21. The monoisotopic (exact) mass is 254 g/mol. The van der Waals surface area contributed by atoms with Gasteiger partial charge < -0.3 is 0 Å². The smallest absolute Gasteiger partial charge is 0.0154 e. The number of hydrogen-bond donors (Lipinski definition) is 0. The van der Waals surface area contributed by atoms with Crippen molar-refractivity contribution in [3.8, 4) is 0 Å². The second-order valence-electron chi connectivity index (χ2n) is 5.68. The van der Waals surface area contributed by atoms with Crippen molar-refractivity contribution >= 4 is 10.8 Å². The number of benzene rings is 2. The van der Waals surface area contributed by atoms with E-state index in [1.165, 1.54) is 66.0 Å². The first-order valence-electron chi connectivity index (χ1n) is 7.76. The fraction of sp³-hybridized carbons (Fsp3) is 0.474. The highest BCUT2D eigenvalue weighted by Gasteiger charge is 2.02. The van der Waals surface area contributed by atoms with Crippen LogP contribution in [0.4, 0.5) is 0 Å². The van der Waals surface area contributed by atoms with Gasteiger partial charge in [0.15, 0.2) is 0 Å². The predicted molar refractivity (Wildman–Crippen MR) is 85.9 cm³/mol. The Labute approximate surface area is 117 Å². The van der Waals surface area contributed by atoms with Gasteiger partial charge in [-0.25, -0.2) is 0 Å². The molecule has 0 aliphatic rings. The lowest BCUT2D eigenvalue weighted by molar-refractivity contribution is 0.794. The number of fused-ring (bicyclic) bond motifs is 1. The molecule has 0 aliphatic heterocycles. The van der Waals surface area contributed by atoms with E-state index in [-0.39, 0.29) is 0 Å².